The number of carbonyl (C=O) groups is 1. The molecule has 0 aromatic carbocycles. The molecular weight excluding hydrogens is 222 g/mol. The fraction of sp³-hybridized carbons (Fsp3) is 0.300. The van der Waals surface area contributed by atoms with Crippen LogP contribution in [0.5, 0.6) is 0 Å². The van der Waals surface area contributed by atoms with Crippen LogP contribution in [-0.2, 0) is 0 Å². The van der Waals surface area contributed by atoms with Crippen molar-refractivity contribution >= 4 is 5.97 Å². The van der Waals surface area contributed by atoms with Crippen LogP contribution in [0.25, 0.3) is 5.82 Å². The molecule has 0 fully saturated rings. The lowest BCUT2D eigenvalue weighted by atomic mass is 10.2. The summed E-state index contributed by atoms with van der Waals surface area (Å²) < 4.78 is 1.41. The van der Waals surface area contributed by atoms with Crippen LogP contribution in [0.1, 0.15) is 36.1 Å². The molecule has 0 bridgehead atoms. The van der Waals surface area contributed by atoms with Crippen LogP contribution in [-0.4, -0.2) is 35.8 Å². The van der Waals surface area contributed by atoms with Crippen LogP contribution in [0.15, 0.2) is 18.7 Å². The molecule has 0 unspecified atom stereocenters. The van der Waals surface area contributed by atoms with Gasteiger partial charge in [-0.15, -0.1) is 5.10 Å². The average Bonchev–Trinajstić information content (AvgIpc) is 2.78. The van der Waals surface area contributed by atoms with Gasteiger partial charge in [0.05, 0.1) is 12.4 Å². The highest BCUT2D eigenvalue weighted by Gasteiger charge is 2.10. The molecule has 0 spiro atoms. The fourth-order valence-corrected chi connectivity index (χ4v) is 1.22. The Hall–Kier alpha value is -2.31. The maximum atomic E-state index is 10.8. The van der Waals surface area contributed by atoms with Crippen LogP contribution in [0, 0.1) is 0 Å². The van der Waals surface area contributed by atoms with Crippen molar-refractivity contribution in [1.29, 1.82) is 0 Å². The Labute approximate surface area is 97.2 Å². The topological polar surface area (TPSA) is 93.8 Å². The third-order valence-electron chi connectivity index (χ3n) is 2.10. The third-order valence-corrected chi connectivity index (χ3v) is 2.10. The van der Waals surface area contributed by atoms with Gasteiger partial charge in [-0.2, -0.15) is 0 Å². The summed E-state index contributed by atoms with van der Waals surface area (Å²) in [5.41, 5.74) is -0.121. The summed E-state index contributed by atoms with van der Waals surface area (Å²) in [5.74, 6) is 0.0900. The number of hydrogen-bond acceptors (Lipinski definition) is 5. The van der Waals surface area contributed by atoms with Gasteiger partial charge in [-0.3, -0.25) is 4.98 Å². The molecule has 7 nitrogen and oxygen atoms in total. The molecule has 0 saturated carbocycles. The molecule has 0 aliphatic rings. The minimum atomic E-state index is -1.12. The van der Waals surface area contributed by atoms with Gasteiger partial charge in [0.25, 0.3) is 0 Å². The summed E-state index contributed by atoms with van der Waals surface area (Å²) >= 11 is 0. The number of aromatic carboxylic acids is 1. The first-order valence-corrected chi connectivity index (χ1v) is 5.05. The molecule has 0 radical (unpaired) electrons. The monoisotopic (exact) mass is 233 g/mol. The van der Waals surface area contributed by atoms with E-state index in [-0.39, 0.29) is 11.6 Å². The molecule has 17 heavy (non-hydrogen) atoms. The Balaban J connectivity index is 2.38. The van der Waals surface area contributed by atoms with E-state index >= 15 is 0 Å². The van der Waals surface area contributed by atoms with E-state index in [0.717, 1.165) is 0 Å². The van der Waals surface area contributed by atoms with E-state index in [9.17, 15) is 4.79 Å². The highest BCUT2D eigenvalue weighted by molar-refractivity contribution is 5.85. The van der Waals surface area contributed by atoms with Crippen LogP contribution in [0.2, 0.25) is 0 Å². The number of hydrogen-bond donors (Lipinski definition) is 1. The van der Waals surface area contributed by atoms with Gasteiger partial charge in [0.15, 0.2) is 17.3 Å². The van der Waals surface area contributed by atoms with Crippen LogP contribution in [0.3, 0.4) is 0 Å². The van der Waals surface area contributed by atoms with E-state index in [1.54, 1.807) is 0 Å². The SMILES string of the molecule is CC(C)c1ncn(-c2cncc(C(=O)O)n2)n1. The van der Waals surface area contributed by atoms with Crippen molar-refractivity contribution in [1.82, 2.24) is 24.7 Å². The first kappa shape index (κ1) is 11.2. The molecule has 7 heteroatoms. The zero-order valence-electron chi connectivity index (χ0n) is 9.40. The van der Waals surface area contributed by atoms with E-state index in [1.165, 1.54) is 23.4 Å². The molecule has 0 amide bonds. The molecular formula is C10H11N5O2. The summed E-state index contributed by atoms with van der Waals surface area (Å²) in [6, 6.07) is 0. The number of carboxylic acid groups (broad SMARTS) is 1. The minimum absolute atomic E-state index is 0.121. The second kappa shape index (κ2) is 4.28. The zero-order valence-corrected chi connectivity index (χ0v) is 9.40. The minimum Gasteiger partial charge on any atom is -0.476 e. The molecule has 0 atom stereocenters. The second-order valence-corrected chi connectivity index (χ2v) is 3.77. The molecule has 2 aromatic heterocycles. The Kier molecular flexibility index (Phi) is 2.82. The van der Waals surface area contributed by atoms with Gasteiger partial charge in [-0.25, -0.2) is 19.4 Å². The largest absolute Gasteiger partial charge is 0.476 e. The van der Waals surface area contributed by atoms with Gasteiger partial charge in [-0.05, 0) is 0 Å². The molecule has 1 N–H and O–H groups in total. The number of aromatic nitrogens is 5. The summed E-state index contributed by atoms with van der Waals surface area (Å²) in [6.45, 7) is 3.94. The summed E-state index contributed by atoms with van der Waals surface area (Å²) in [6.07, 6.45) is 4.11. The lowest BCUT2D eigenvalue weighted by molar-refractivity contribution is 0.0690. The van der Waals surface area contributed by atoms with E-state index in [2.05, 4.69) is 20.1 Å². The van der Waals surface area contributed by atoms with Gasteiger partial charge >= 0.3 is 5.97 Å². The van der Waals surface area contributed by atoms with Gasteiger partial charge < -0.3 is 5.11 Å². The van der Waals surface area contributed by atoms with E-state index in [0.29, 0.717) is 11.6 Å². The maximum Gasteiger partial charge on any atom is 0.356 e. The summed E-state index contributed by atoms with van der Waals surface area (Å²) in [5, 5.41) is 13.0. The normalized spacial score (nSPS) is 10.8. The van der Waals surface area contributed by atoms with Gasteiger partial charge in [0.1, 0.15) is 6.33 Å². The van der Waals surface area contributed by atoms with Crippen LogP contribution < -0.4 is 0 Å². The van der Waals surface area contributed by atoms with Crippen LogP contribution >= 0.6 is 0 Å². The van der Waals surface area contributed by atoms with E-state index in [4.69, 9.17) is 5.11 Å². The average molecular weight is 233 g/mol. The van der Waals surface area contributed by atoms with Crippen molar-refractivity contribution in [3.05, 3.63) is 30.2 Å². The Morgan fingerprint density at radius 1 is 1.41 bits per heavy atom. The lowest BCUT2D eigenvalue weighted by Crippen LogP contribution is -2.06. The highest BCUT2D eigenvalue weighted by Crippen LogP contribution is 2.09. The zero-order chi connectivity index (χ0) is 12.4. The number of nitrogens with zero attached hydrogens (tertiary/aromatic N) is 5. The summed E-state index contributed by atoms with van der Waals surface area (Å²) in [4.78, 5) is 22.6. The fourth-order valence-electron chi connectivity index (χ4n) is 1.22. The van der Waals surface area contributed by atoms with Crippen LogP contribution in [0.4, 0.5) is 0 Å². The smallest absolute Gasteiger partial charge is 0.356 e. The van der Waals surface area contributed by atoms with Gasteiger partial charge in [0, 0.05) is 5.92 Å². The first-order chi connectivity index (χ1) is 8.08. The standard InChI is InChI=1S/C10H11N5O2/c1-6(2)9-12-5-15(14-9)8-4-11-3-7(13-8)10(16)17/h3-6H,1-2H3,(H,16,17). The van der Waals surface area contributed by atoms with Crippen molar-refractivity contribution in [3.63, 3.8) is 0 Å². The quantitative estimate of drug-likeness (QED) is 0.845. The summed E-state index contributed by atoms with van der Waals surface area (Å²) in [7, 11) is 0. The highest BCUT2D eigenvalue weighted by atomic mass is 16.4. The van der Waals surface area contributed by atoms with Gasteiger partial charge in [-0.1, -0.05) is 13.8 Å². The van der Waals surface area contributed by atoms with Crippen molar-refractivity contribution in [2.45, 2.75) is 19.8 Å². The molecule has 2 rings (SSSR count). The molecule has 0 aliphatic carbocycles. The van der Waals surface area contributed by atoms with E-state index < -0.39 is 5.97 Å². The lowest BCUT2D eigenvalue weighted by Gasteiger charge is -2.00. The van der Waals surface area contributed by atoms with Crippen molar-refractivity contribution < 1.29 is 9.90 Å². The molecule has 2 aromatic rings. The Bertz CT molecular complexity index is 549. The number of carboxylic acids is 1. The van der Waals surface area contributed by atoms with Crippen molar-refractivity contribution in [3.8, 4) is 5.82 Å². The van der Waals surface area contributed by atoms with Crippen molar-refractivity contribution in [2.75, 3.05) is 0 Å². The molecule has 0 saturated heterocycles. The Morgan fingerprint density at radius 3 is 2.76 bits per heavy atom. The molecule has 0 aliphatic heterocycles. The number of rotatable bonds is 3. The van der Waals surface area contributed by atoms with Gasteiger partial charge in [0.2, 0.25) is 0 Å². The Morgan fingerprint density at radius 2 is 2.18 bits per heavy atom. The molecule has 88 valence electrons. The predicted octanol–water partition coefficient (Wildman–Crippen LogP) is 0.879. The van der Waals surface area contributed by atoms with Crippen molar-refractivity contribution in [2.24, 2.45) is 0 Å². The van der Waals surface area contributed by atoms with E-state index in [1.807, 2.05) is 13.8 Å². The maximum absolute atomic E-state index is 10.8. The second-order valence-electron chi connectivity index (χ2n) is 3.77. The molecule has 2 heterocycles. The third kappa shape index (κ3) is 2.27. The predicted molar refractivity (Wildman–Crippen MR) is 58.0 cm³/mol. The first-order valence-electron chi connectivity index (χ1n) is 5.05.